The lowest BCUT2D eigenvalue weighted by molar-refractivity contribution is -0.135. The molecule has 1 saturated heterocycles. The van der Waals surface area contributed by atoms with Gasteiger partial charge in [0.05, 0.1) is 17.4 Å². The van der Waals surface area contributed by atoms with Gasteiger partial charge in [0.1, 0.15) is 6.04 Å². The van der Waals surface area contributed by atoms with Crippen molar-refractivity contribution < 1.29 is 4.79 Å². The molecule has 1 fully saturated rings. The van der Waals surface area contributed by atoms with Crippen LogP contribution in [-0.2, 0) is 11.2 Å². The van der Waals surface area contributed by atoms with E-state index in [1.165, 1.54) is 12.0 Å². The molecule has 4 heteroatoms. The van der Waals surface area contributed by atoms with E-state index in [1.54, 1.807) is 6.33 Å². The molecule has 3 aromatic rings. The third-order valence-electron chi connectivity index (χ3n) is 5.87. The molecule has 0 unspecified atom stereocenters. The molecule has 4 nitrogen and oxygen atoms in total. The first kappa shape index (κ1) is 17.8. The maximum Gasteiger partial charge on any atom is 0.245 e. The Kier molecular flexibility index (Phi) is 5.23. The van der Waals surface area contributed by atoms with Crippen LogP contribution in [0.2, 0.25) is 0 Å². The minimum Gasteiger partial charge on any atom is -0.341 e. The average molecular weight is 361 g/mol. The van der Waals surface area contributed by atoms with Crippen molar-refractivity contribution in [1.82, 2.24) is 14.5 Å². The third kappa shape index (κ3) is 3.90. The monoisotopic (exact) mass is 361 g/mol. The number of piperidine rings is 1. The first-order chi connectivity index (χ1) is 13.2. The Labute approximate surface area is 160 Å². The van der Waals surface area contributed by atoms with Crippen molar-refractivity contribution in [3.8, 4) is 0 Å². The SMILES string of the molecule is C[C@@H](C(=O)N1CCC(CCc2ccccc2)CC1)n1cnc2ccccc21. The topological polar surface area (TPSA) is 38.1 Å². The predicted octanol–water partition coefficient (Wildman–Crippen LogP) is 4.47. The second-order valence-corrected chi connectivity index (χ2v) is 7.61. The number of carbonyl (C=O) groups excluding carboxylic acids is 1. The van der Waals surface area contributed by atoms with Gasteiger partial charge in [-0.15, -0.1) is 0 Å². The van der Waals surface area contributed by atoms with Gasteiger partial charge in [-0.2, -0.15) is 0 Å². The van der Waals surface area contributed by atoms with Crippen molar-refractivity contribution in [2.45, 2.75) is 38.6 Å². The number of imidazole rings is 1. The lowest BCUT2D eigenvalue weighted by Gasteiger charge is -2.34. The minimum atomic E-state index is -0.210. The summed E-state index contributed by atoms with van der Waals surface area (Å²) in [6.07, 6.45) is 6.36. The number of fused-ring (bicyclic) bond motifs is 1. The van der Waals surface area contributed by atoms with Crippen LogP contribution in [0.4, 0.5) is 0 Å². The molecule has 140 valence electrons. The summed E-state index contributed by atoms with van der Waals surface area (Å²) >= 11 is 0. The van der Waals surface area contributed by atoms with Crippen LogP contribution in [0.15, 0.2) is 60.9 Å². The van der Waals surface area contributed by atoms with Crippen molar-refractivity contribution in [2.75, 3.05) is 13.1 Å². The lowest BCUT2D eigenvalue weighted by Crippen LogP contribution is -2.41. The lowest BCUT2D eigenvalue weighted by atomic mass is 9.90. The van der Waals surface area contributed by atoms with E-state index >= 15 is 0 Å². The second kappa shape index (κ2) is 7.95. The van der Waals surface area contributed by atoms with Crippen molar-refractivity contribution in [3.05, 3.63) is 66.5 Å². The molecule has 4 rings (SSSR count). The molecule has 0 N–H and O–H groups in total. The van der Waals surface area contributed by atoms with E-state index in [1.807, 2.05) is 40.7 Å². The number of para-hydroxylation sites is 2. The number of benzene rings is 2. The summed E-state index contributed by atoms with van der Waals surface area (Å²) in [5.41, 5.74) is 3.38. The fraction of sp³-hybridized carbons (Fsp3) is 0.391. The quantitative estimate of drug-likeness (QED) is 0.672. The van der Waals surface area contributed by atoms with Gasteiger partial charge >= 0.3 is 0 Å². The molecule has 0 spiro atoms. The zero-order valence-electron chi connectivity index (χ0n) is 15.9. The van der Waals surface area contributed by atoms with E-state index < -0.39 is 0 Å². The van der Waals surface area contributed by atoms with Gasteiger partial charge in [0.25, 0.3) is 0 Å². The molecule has 0 aliphatic carbocycles. The first-order valence-corrected chi connectivity index (χ1v) is 9.96. The minimum absolute atomic E-state index is 0.208. The molecular formula is C23H27N3O. The van der Waals surface area contributed by atoms with Crippen LogP contribution in [0.3, 0.4) is 0 Å². The standard InChI is InChI=1S/C23H27N3O/c1-18(26-17-24-21-9-5-6-10-22(21)26)23(27)25-15-13-20(14-16-25)12-11-19-7-3-2-4-8-19/h2-10,17-18,20H,11-16H2,1H3/t18-/m0/s1. The van der Waals surface area contributed by atoms with Crippen LogP contribution in [0.5, 0.6) is 0 Å². The molecule has 1 atom stereocenters. The van der Waals surface area contributed by atoms with Crippen LogP contribution in [-0.4, -0.2) is 33.4 Å². The molecule has 0 saturated carbocycles. The number of carbonyl (C=O) groups is 1. The highest BCUT2D eigenvalue weighted by molar-refractivity contribution is 5.83. The molecule has 1 amide bonds. The van der Waals surface area contributed by atoms with Gasteiger partial charge < -0.3 is 9.47 Å². The Morgan fingerprint density at radius 3 is 2.56 bits per heavy atom. The van der Waals surface area contributed by atoms with Gasteiger partial charge in [0, 0.05) is 13.1 Å². The van der Waals surface area contributed by atoms with E-state index in [0.717, 1.165) is 49.3 Å². The van der Waals surface area contributed by atoms with Gasteiger partial charge in [-0.25, -0.2) is 4.98 Å². The average Bonchev–Trinajstić information content (AvgIpc) is 3.16. The number of hydrogen-bond donors (Lipinski definition) is 0. The molecule has 2 heterocycles. The van der Waals surface area contributed by atoms with Gasteiger partial charge in [0.15, 0.2) is 0 Å². The van der Waals surface area contributed by atoms with Crippen LogP contribution >= 0.6 is 0 Å². The van der Waals surface area contributed by atoms with Crippen LogP contribution in [0.25, 0.3) is 11.0 Å². The summed E-state index contributed by atoms with van der Waals surface area (Å²) in [6, 6.07) is 18.5. The number of rotatable bonds is 5. The zero-order valence-corrected chi connectivity index (χ0v) is 15.9. The van der Waals surface area contributed by atoms with Gasteiger partial charge in [-0.1, -0.05) is 42.5 Å². The second-order valence-electron chi connectivity index (χ2n) is 7.61. The molecule has 0 bridgehead atoms. The van der Waals surface area contributed by atoms with Crippen molar-refractivity contribution in [1.29, 1.82) is 0 Å². The molecule has 27 heavy (non-hydrogen) atoms. The summed E-state index contributed by atoms with van der Waals surface area (Å²) in [7, 11) is 0. The number of aromatic nitrogens is 2. The van der Waals surface area contributed by atoms with Gasteiger partial charge in [0.2, 0.25) is 5.91 Å². The Balaban J connectivity index is 1.33. The molecule has 0 radical (unpaired) electrons. The Hall–Kier alpha value is -2.62. The third-order valence-corrected chi connectivity index (χ3v) is 5.87. The van der Waals surface area contributed by atoms with E-state index in [2.05, 4.69) is 35.3 Å². The fourth-order valence-corrected chi connectivity index (χ4v) is 4.13. The maximum absolute atomic E-state index is 13.0. The summed E-state index contributed by atoms with van der Waals surface area (Å²) in [6.45, 7) is 3.72. The van der Waals surface area contributed by atoms with Crippen molar-refractivity contribution in [3.63, 3.8) is 0 Å². The number of hydrogen-bond acceptors (Lipinski definition) is 2. The highest BCUT2D eigenvalue weighted by Gasteiger charge is 2.27. The first-order valence-electron chi connectivity index (χ1n) is 9.96. The summed E-state index contributed by atoms with van der Waals surface area (Å²) < 4.78 is 2.00. The van der Waals surface area contributed by atoms with E-state index in [4.69, 9.17) is 0 Å². The Morgan fingerprint density at radius 1 is 1.07 bits per heavy atom. The summed E-state index contributed by atoms with van der Waals surface area (Å²) in [5.74, 6) is 0.929. The molecule has 1 aromatic heterocycles. The fourth-order valence-electron chi connectivity index (χ4n) is 4.13. The zero-order chi connectivity index (χ0) is 18.6. The largest absolute Gasteiger partial charge is 0.341 e. The molecule has 2 aromatic carbocycles. The predicted molar refractivity (Wildman–Crippen MR) is 109 cm³/mol. The van der Waals surface area contributed by atoms with Crippen LogP contribution in [0.1, 0.15) is 37.8 Å². The Bertz CT molecular complexity index is 894. The molecule has 1 aliphatic heterocycles. The molecule has 1 aliphatic rings. The number of nitrogens with zero attached hydrogens (tertiary/aromatic N) is 3. The van der Waals surface area contributed by atoms with Gasteiger partial charge in [-0.3, -0.25) is 4.79 Å². The smallest absolute Gasteiger partial charge is 0.245 e. The normalized spacial score (nSPS) is 16.6. The maximum atomic E-state index is 13.0. The highest BCUT2D eigenvalue weighted by atomic mass is 16.2. The van der Waals surface area contributed by atoms with Crippen LogP contribution in [0, 0.1) is 5.92 Å². The highest BCUT2D eigenvalue weighted by Crippen LogP contribution is 2.25. The van der Waals surface area contributed by atoms with Crippen molar-refractivity contribution >= 4 is 16.9 Å². The van der Waals surface area contributed by atoms with E-state index in [0.29, 0.717) is 0 Å². The number of likely N-dealkylation sites (tertiary alicyclic amines) is 1. The van der Waals surface area contributed by atoms with E-state index in [-0.39, 0.29) is 11.9 Å². The van der Waals surface area contributed by atoms with E-state index in [9.17, 15) is 4.79 Å². The summed E-state index contributed by atoms with van der Waals surface area (Å²) in [5, 5.41) is 0. The Morgan fingerprint density at radius 2 is 1.78 bits per heavy atom. The van der Waals surface area contributed by atoms with Crippen LogP contribution < -0.4 is 0 Å². The number of amides is 1. The summed E-state index contributed by atoms with van der Waals surface area (Å²) in [4.78, 5) is 19.5. The van der Waals surface area contributed by atoms with Crippen molar-refractivity contribution in [2.24, 2.45) is 5.92 Å². The molecular weight excluding hydrogens is 334 g/mol. The van der Waals surface area contributed by atoms with Gasteiger partial charge in [-0.05, 0) is 56.2 Å². The number of aryl methyl sites for hydroxylation is 1.